The van der Waals surface area contributed by atoms with Crippen LogP contribution in [0, 0.1) is 11.8 Å². The lowest BCUT2D eigenvalue weighted by Gasteiger charge is -2.18. The molecule has 3 N–H and O–H groups in total. The smallest absolute Gasteiger partial charge is 0.223 e. The van der Waals surface area contributed by atoms with Crippen molar-refractivity contribution in [3.63, 3.8) is 0 Å². The highest BCUT2D eigenvalue weighted by atomic mass is 16.1. The second-order valence-electron chi connectivity index (χ2n) is 4.16. The topological polar surface area (TPSA) is 55.1 Å². The predicted molar refractivity (Wildman–Crippen MR) is 53.2 cm³/mol. The molecule has 0 aromatic carbocycles. The Bertz CT molecular complexity index is 182. The Morgan fingerprint density at radius 1 is 1.62 bits per heavy atom. The molecule has 0 bridgehead atoms. The van der Waals surface area contributed by atoms with Gasteiger partial charge in [0.05, 0.1) is 0 Å². The summed E-state index contributed by atoms with van der Waals surface area (Å²) in [7, 11) is 0. The summed E-state index contributed by atoms with van der Waals surface area (Å²) < 4.78 is 0. The van der Waals surface area contributed by atoms with Crippen molar-refractivity contribution >= 4 is 5.91 Å². The third-order valence-corrected chi connectivity index (χ3v) is 2.94. The molecule has 1 rings (SSSR count). The summed E-state index contributed by atoms with van der Waals surface area (Å²) in [6.07, 6.45) is 3.43. The second kappa shape index (κ2) is 4.61. The normalized spacial score (nSPS) is 30.1. The van der Waals surface area contributed by atoms with E-state index < -0.39 is 0 Å². The van der Waals surface area contributed by atoms with Gasteiger partial charge in [0.1, 0.15) is 0 Å². The number of rotatable bonds is 3. The van der Waals surface area contributed by atoms with E-state index >= 15 is 0 Å². The number of nitrogens with one attached hydrogen (secondary N) is 1. The summed E-state index contributed by atoms with van der Waals surface area (Å²) >= 11 is 0. The van der Waals surface area contributed by atoms with Crippen molar-refractivity contribution in [3.8, 4) is 0 Å². The van der Waals surface area contributed by atoms with Gasteiger partial charge in [-0.05, 0) is 25.7 Å². The van der Waals surface area contributed by atoms with Crippen LogP contribution in [-0.2, 0) is 4.79 Å². The van der Waals surface area contributed by atoms with Crippen LogP contribution in [0.25, 0.3) is 0 Å². The average Bonchev–Trinajstić information content (AvgIpc) is 2.51. The molecule has 3 heteroatoms. The third-order valence-electron chi connectivity index (χ3n) is 2.94. The van der Waals surface area contributed by atoms with Crippen LogP contribution in [0.5, 0.6) is 0 Å². The fourth-order valence-electron chi connectivity index (χ4n) is 1.94. The zero-order valence-electron chi connectivity index (χ0n) is 8.55. The minimum absolute atomic E-state index is 0.111. The van der Waals surface area contributed by atoms with Gasteiger partial charge in [0.15, 0.2) is 0 Å². The van der Waals surface area contributed by atoms with E-state index in [0.29, 0.717) is 12.5 Å². The van der Waals surface area contributed by atoms with Crippen LogP contribution in [0.2, 0.25) is 0 Å². The highest BCUT2D eigenvalue weighted by molar-refractivity contribution is 5.79. The molecule has 1 saturated carbocycles. The maximum atomic E-state index is 11.7. The molecule has 0 heterocycles. The molecule has 0 radical (unpaired) electrons. The molecule has 76 valence electrons. The van der Waals surface area contributed by atoms with E-state index in [0.717, 1.165) is 6.42 Å². The Balaban J connectivity index is 2.38. The minimum Gasteiger partial charge on any atom is -0.352 e. The molecule has 2 unspecified atom stereocenters. The molecular formula is C10H20N2O. The lowest BCUT2D eigenvalue weighted by molar-refractivity contribution is -0.126. The van der Waals surface area contributed by atoms with Crippen molar-refractivity contribution in [1.82, 2.24) is 5.32 Å². The molecule has 0 saturated heterocycles. The maximum absolute atomic E-state index is 11.7. The van der Waals surface area contributed by atoms with Gasteiger partial charge in [-0.15, -0.1) is 0 Å². The van der Waals surface area contributed by atoms with E-state index in [1.807, 2.05) is 6.92 Å². The summed E-state index contributed by atoms with van der Waals surface area (Å²) in [6, 6.07) is 0.111. The van der Waals surface area contributed by atoms with E-state index in [2.05, 4.69) is 12.2 Å². The first-order valence-electron chi connectivity index (χ1n) is 5.15. The Labute approximate surface area is 80.1 Å². The first-order valence-corrected chi connectivity index (χ1v) is 5.15. The van der Waals surface area contributed by atoms with E-state index in [9.17, 15) is 4.79 Å². The minimum atomic E-state index is 0.111. The van der Waals surface area contributed by atoms with Crippen LogP contribution < -0.4 is 11.1 Å². The highest BCUT2D eigenvalue weighted by Gasteiger charge is 2.29. The Morgan fingerprint density at radius 2 is 2.31 bits per heavy atom. The van der Waals surface area contributed by atoms with Crippen molar-refractivity contribution < 1.29 is 4.79 Å². The molecular weight excluding hydrogens is 164 g/mol. The molecule has 0 aromatic heterocycles. The van der Waals surface area contributed by atoms with Gasteiger partial charge in [-0.25, -0.2) is 0 Å². The van der Waals surface area contributed by atoms with Gasteiger partial charge in [-0.3, -0.25) is 4.79 Å². The van der Waals surface area contributed by atoms with Crippen LogP contribution in [0.1, 0.15) is 33.1 Å². The van der Waals surface area contributed by atoms with E-state index in [1.165, 1.54) is 12.8 Å². The molecule has 1 amide bonds. The largest absolute Gasteiger partial charge is 0.352 e. The molecule has 0 aromatic rings. The SMILES string of the molecule is CC1CCCC1C(=O)N[C@H](C)CN. The Hall–Kier alpha value is -0.570. The summed E-state index contributed by atoms with van der Waals surface area (Å²) in [5, 5.41) is 2.94. The fraction of sp³-hybridized carbons (Fsp3) is 0.900. The number of nitrogens with two attached hydrogens (primary N) is 1. The van der Waals surface area contributed by atoms with Crippen LogP contribution in [0.4, 0.5) is 0 Å². The average molecular weight is 184 g/mol. The van der Waals surface area contributed by atoms with Crippen LogP contribution >= 0.6 is 0 Å². The number of amides is 1. The number of carbonyl (C=O) groups is 1. The van der Waals surface area contributed by atoms with Gasteiger partial charge < -0.3 is 11.1 Å². The maximum Gasteiger partial charge on any atom is 0.223 e. The van der Waals surface area contributed by atoms with Crippen molar-refractivity contribution in [2.45, 2.75) is 39.2 Å². The highest BCUT2D eigenvalue weighted by Crippen LogP contribution is 2.31. The zero-order chi connectivity index (χ0) is 9.84. The van der Waals surface area contributed by atoms with Gasteiger partial charge in [0.2, 0.25) is 5.91 Å². The molecule has 3 atom stereocenters. The standard InChI is InChI=1S/C10H20N2O/c1-7-4-3-5-9(7)10(13)12-8(2)6-11/h7-9H,3-6,11H2,1-2H3,(H,12,13)/t7?,8-,9?/m1/s1. The van der Waals surface area contributed by atoms with Crippen molar-refractivity contribution in [3.05, 3.63) is 0 Å². The van der Waals surface area contributed by atoms with Crippen LogP contribution in [-0.4, -0.2) is 18.5 Å². The van der Waals surface area contributed by atoms with E-state index in [-0.39, 0.29) is 17.9 Å². The first kappa shape index (κ1) is 10.5. The number of hydrogen-bond acceptors (Lipinski definition) is 2. The van der Waals surface area contributed by atoms with Crippen molar-refractivity contribution in [1.29, 1.82) is 0 Å². The van der Waals surface area contributed by atoms with Gasteiger partial charge >= 0.3 is 0 Å². The number of carbonyl (C=O) groups excluding carboxylic acids is 1. The zero-order valence-corrected chi connectivity index (χ0v) is 8.55. The summed E-state index contributed by atoms with van der Waals surface area (Å²) in [5.74, 6) is 0.974. The second-order valence-corrected chi connectivity index (χ2v) is 4.16. The first-order chi connectivity index (χ1) is 6.15. The van der Waals surface area contributed by atoms with Crippen LogP contribution in [0.3, 0.4) is 0 Å². The summed E-state index contributed by atoms with van der Waals surface area (Å²) in [4.78, 5) is 11.7. The quantitative estimate of drug-likeness (QED) is 0.684. The van der Waals surface area contributed by atoms with Crippen molar-refractivity contribution in [2.75, 3.05) is 6.54 Å². The Morgan fingerprint density at radius 3 is 2.77 bits per heavy atom. The molecule has 13 heavy (non-hydrogen) atoms. The summed E-state index contributed by atoms with van der Waals surface area (Å²) in [5.41, 5.74) is 5.44. The predicted octanol–water partition coefficient (Wildman–Crippen LogP) is 0.886. The summed E-state index contributed by atoms with van der Waals surface area (Å²) in [6.45, 7) is 4.62. The number of hydrogen-bond donors (Lipinski definition) is 2. The van der Waals surface area contributed by atoms with Gasteiger partial charge in [-0.1, -0.05) is 13.3 Å². The lowest BCUT2D eigenvalue weighted by Crippen LogP contribution is -2.41. The van der Waals surface area contributed by atoms with Crippen LogP contribution in [0.15, 0.2) is 0 Å². The molecule has 0 spiro atoms. The van der Waals surface area contributed by atoms with Gasteiger partial charge in [0.25, 0.3) is 0 Å². The molecule has 1 fully saturated rings. The monoisotopic (exact) mass is 184 g/mol. The van der Waals surface area contributed by atoms with Gasteiger partial charge in [0, 0.05) is 18.5 Å². The molecule has 3 nitrogen and oxygen atoms in total. The van der Waals surface area contributed by atoms with Gasteiger partial charge in [-0.2, -0.15) is 0 Å². The lowest BCUT2D eigenvalue weighted by atomic mass is 9.97. The molecule has 1 aliphatic rings. The van der Waals surface area contributed by atoms with E-state index in [1.54, 1.807) is 0 Å². The molecule has 1 aliphatic carbocycles. The van der Waals surface area contributed by atoms with Crippen molar-refractivity contribution in [2.24, 2.45) is 17.6 Å². The molecule has 0 aliphatic heterocycles. The third kappa shape index (κ3) is 2.69. The fourth-order valence-corrected chi connectivity index (χ4v) is 1.94. The Kier molecular flexibility index (Phi) is 3.72. The van der Waals surface area contributed by atoms with E-state index in [4.69, 9.17) is 5.73 Å².